The van der Waals surface area contributed by atoms with Crippen LogP contribution in [0.15, 0.2) is 12.1 Å². The quantitative estimate of drug-likeness (QED) is 0.659. The molecular formula is C12H12F2INO2. The molecule has 18 heavy (non-hydrogen) atoms. The van der Waals surface area contributed by atoms with Gasteiger partial charge in [-0.2, -0.15) is 0 Å². The third-order valence-electron chi connectivity index (χ3n) is 2.70. The molecule has 0 spiro atoms. The van der Waals surface area contributed by atoms with Gasteiger partial charge in [0.1, 0.15) is 11.6 Å². The fourth-order valence-electron chi connectivity index (χ4n) is 1.85. The Morgan fingerprint density at radius 2 is 2.11 bits per heavy atom. The Balaban J connectivity index is 1.98. The van der Waals surface area contributed by atoms with Crippen molar-refractivity contribution in [2.75, 3.05) is 11.9 Å². The van der Waals surface area contributed by atoms with E-state index in [1.165, 1.54) is 0 Å². The van der Waals surface area contributed by atoms with Gasteiger partial charge in [-0.3, -0.25) is 4.79 Å². The summed E-state index contributed by atoms with van der Waals surface area (Å²) in [4.78, 5) is 11.6. The van der Waals surface area contributed by atoms with Crippen molar-refractivity contribution in [3.8, 4) is 0 Å². The lowest BCUT2D eigenvalue weighted by molar-refractivity contribution is -0.118. The van der Waals surface area contributed by atoms with E-state index < -0.39 is 11.6 Å². The summed E-state index contributed by atoms with van der Waals surface area (Å²) in [7, 11) is 0. The zero-order chi connectivity index (χ0) is 13.1. The van der Waals surface area contributed by atoms with Crippen molar-refractivity contribution in [2.24, 2.45) is 0 Å². The Bertz CT molecular complexity index is 438. The molecule has 1 aromatic rings. The van der Waals surface area contributed by atoms with Gasteiger partial charge in [0.2, 0.25) is 5.91 Å². The van der Waals surface area contributed by atoms with Crippen molar-refractivity contribution in [3.63, 3.8) is 0 Å². The lowest BCUT2D eigenvalue weighted by Crippen LogP contribution is -2.19. The Kier molecular flexibility index (Phi) is 4.50. The van der Waals surface area contributed by atoms with Gasteiger partial charge in [0.25, 0.3) is 0 Å². The van der Waals surface area contributed by atoms with E-state index in [1.807, 2.05) is 0 Å². The van der Waals surface area contributed by atoms with Crippen molar-refractivity contribution in [1.29, 1.82) is 0 Å². The Hall–Kier alpha value is -0.760. The smallest absolute Gasteiger partial charge is 0.226 e. The minimum absolute atomic E-state index is 0.0790. The SMILES string of the molecule is O=C(CC1CCCO1)Nc1cc(F)c(I)c(F)c1. The summed E-state index contributed by atoms with van der Waals surface area (Å²) >= 11 is 1.58. The average Bonchev–Trinajstić information content (AvgIpc) is 2.78. The summed E-state index contributed by atoms with van der Waals surface area (Å²) in [6.07, 6.45) is 1.94. The predicted octanol–water partition coefficient (Wildman–Crippen LogP) is 3.08. The number of anilines is 1. The van der Waals surface area contributed by atoms with Crippen LogP contribution in [-0.4, -0.2) is 18.6 Å². The number of carbonyl (C=O) groups is 1. The molecule has 0 aromatic heterocycles. The number of hydrogen-bond donors (Lipinski definition) is 1. The van der Waals surface area contributed by atoms with Crippen molar-refractivity contribution in [3.05, 3.63) is 27.3 Å². The van der Waals surface area contributed by atoms with E-state index in [0.29, 0.717) is 6.61 Å². The Morgan fingerprint density at radius 3 is 2.67 bits per heavy atom. The van der Waals surface area contributed by atoms with Crippen molar-refractivity contribution in [2.45, 2.75) is 25.4 Å². The molecule has 1 heterocycles. The monoisotopic (exact) mass is 367 g/mol. The third-order valence-corrected chi connectivity index (χ3v) is 3.74. The number of ether oxygens (including phenoxy) is 1. The highest BCUT2D eigenvalue weighted by atomic mass is 127. The average molecular weight is 367 g/mol. The van der Waals surface area contributed by atoms with E-state index in [4.69, 9.17) is 4.74 Å². The molecule has 1 saturated heterocycles. The van der Waals surface area contributed by atoms with Crippen LogP contribution in [0.3, 0.4) is 0 Å². The van der Waals surface area contributed by atoms with Gasteiger partial charge in [-0.1, -0.05) is 0 Å². The number of benzene rings is 1. The molecular weight excluding hydrogens is 355 g/mol. The molecule has 0 aliphatic carbocycles. The van der Waals surface area contributed by atoms with Crippen molar-refractivity contribution >= 4 is 34.2 Å². The minimum Gasteiger partial charge on any atom is -0.378 e. The number of carbonyl (C=O) groups excluding carboxylic acids is 1. The van der Waals surface area contributed by atoms with Gasteiger partial charge in [-0.25, -0.2) is 8.78 Å². The number of halogens is 3. The normalized spacial score (nSPS) is 18.9. The maximum absolute atomic E-state index is 13.3. The fraction of sp³-hybridized carbons (Fsp3) is 0.417. The third kappa shape index (κ3) is 3.38. The van der Waals surface area contributed by atoms with Gasteiger partial charge in [-0.05, 0) is 47.6 Å². The summed E-state index contributed by atoms with van der Waals surface area (Å²) in [6.45, 7) is 0.671. The highest BCUT2D eigenvalue weighted by Gasteiger charge is 2.19. The molecule has 6 heteroatoms. The lowest BCUT2D eigenvalue weighted by Gasteiger charge is -2.10. The fourth-order valence-corrected chi connectivity index (χ4v) is 2.16. The van der Waals surface area contributed by atoms with Crippen LogP contribution >= 0.6 is 22.6 Å². The van der Waals surface area contributed by atoms with Gasteiger partial charge < -0.3 is 10.1 Å². The highest BCUT2D eigenvalue weighted by Crippen LogP contribution is 2.21. The maximum atomic E-state index is 13.3. The zero-order valence-corrected chi connectivity index (χ0v) is 11.7. The summed E-state index contributed by atoms with van der Waals surface area (Å²) < 4.78 is 31.8. The number of amides is 1. The first-order valence-corrected chi connectivity index (χ1v) is 6.70. The standard InChI is InChI=1S/C12H12F2INO2/c13-9-4-7(5-10(14)12(9)15)16-11(17)6-8-2-1-3-18-8/h4-5,8H,1-3,6H2,(H,16,17). The first-order valence-electron chi connectivity index (χ1n) is 5.62. The maximum Gasteiger partial charge on any atom is 0.226 e. The number of nitrogens with one attached hydrogen (secondary N) is 1. The van der Waals surface area contributed by atoms with Crippen molar-refractivity contribution in [1.82, 2.24) is 0 Å². The van der Waals surface area contributed by atoms with E-state index in [2.05, 4.69) is 5.32 Å². The second-order valence-electron chi connectivity index (χ2n) is 4.14. The molecule has 1 N–H and O–H groups in total. The van der Waals surface area contributed by atoms with E-state index in [0.717, 1.165) is 25.0 Å². The van der Waals surface area contributed by atoms with Crippen LogP contribution in [0, 0.1) is 15.2 Å². The summed E-state index contributed by atoms with van der Waals surface area (Å²) in [5.74, 6) is -1.65. The molecule has 1 aliphatic heterocycles. The van der Waals surface area contributed by atoms with E-state index >= 15 is 0 Å². The summed E-state index contributed by atoms with van der Waals surface area (Å²) in [6, 6.07) is 2.22. The highest BCUT2D eigenvalue weighted by molar-refractivity contribution is 14.1. The topological polar surface area (TPSA) is 38.3 Å². The predicted molar refractivity (Wildman–Crippen MR) is 71.3 cm³/mol. The molecule has 0 saturated carbocycles. The first-order chi connectivity index (χ1) is 8.56. The van der Waals surface area contributed by atoms with Crippen molar-refractivity contribution < 1.29 is 18.3 Å². The van der Waals surface area contributed by atoms with Crippen LogP contribution in [0.25, 0.3) is 0 Å². The Morgan fingerprint density at radius 1 is 1.44 bits per heavy atom. The van der Waals surface area contributed by atoms with Crippen LogP contribution in [0.1, 0.15) is 19.3 Å². The molecule has 1 fully saturated rings. The van der Waals surface area contributed by atoms with Crippen LogP contribution in [0.5, 0.6) is 0 Å². The second-order valence-corrected chi connectivity index (χ2v) is 5.22. The van der Waals surface area contributed by atoms with E-state index in [1.54, 1.807) is 22.6 Å². The zero-order valence-electron chi connectivity index (χ0n) is 9.51. The first kappa shape index (κ1) is 13.7. The van der Waals surface area contributed by atoms with Gasteiger partial charge in [0.05, 0.1) is 16.1 Å². The summed E-state index contributed by atoms with van der Waals surface area (Å²) in [5.41, 5.74) is 0.133. The molecule has 0 radical (unpaired) electrons. The van der Waals surface area contributed by atoms with Crippen LogP contribution < -0.4 is 5.32 Å². The summed E-state index contributed by atoms with van der Waals surface area (Å²) in [5, 5.41) is 2.48. The number of hydrogen-bond acceptors (Lipinski definition) is 2. The largest absolute Gasteiger partial charge is 0.378 e. The van der Waals surface area contributed by atoms with E-state index in [-0.39, 0.29) is 27.7 Å². The van der Waals surface area contributed by atoms with E-state index in [9.17, 15) is 13.6 Å². The van der Waals surface area contributed by atoms with Crippen LogP contribution in [0.4, 0.5) is 14.5 Å². The molecule has 1 aromatic carbocycles. The Labute approximate surface area is 117 Å². The molecule has 1 aliphatic rings. The van der Waals surface area contributed by atoms with Gasteiger partial charge in [0, 0.05) is 12.3 Å². The van der Waals surface area contributed by atoms with Crippen LogP contribution in [0.2, 0.25) is 0 Å². The second kappa shape index (κ2) is 5.92. The number of rotatable bonds is 3. The minimum atomic E-state index is -0.678. The van der Waals surface area contributed by atoms with Gasteiger partial charge in [0.15, 0.2) is 0 Å². The lowest BCUT2D eigenvalue weighted by atomic mass is 10.1. The molecule has 2 rings (SSSR count). The molecule has 1 unspecified atom stereocenters. The molecule has 3 nitrogen and oxygen atoms in total. The van der Waals surface area contributed by atoms with Crippen LogP contribution in [-0.2, 0) is 9.53 Å². The molecule has 0 bridgehead atoms. The molecule has 1 amide bonds. The van der Waals surface area contributed by atoms with Gasteiger partial charge in [-0.15, -0.1) is 0 Å². The molecule has 1 atom stereocenters. The van der Waals surface area contributed by atoms with Gasteiger partial charge >= 0.3 is 0 Å². The molecule has 98 valence electrons.